The van der Waals surface area contributed by atoms with Crippen molar-refractivity contribution in [2.45, 2.75) is 19.7 Å². The normalized spacial score (nSPS) is 11.7. The van der Waals surface area contributed by atoms with Gasteiger partial charge in [-0.3, -0.25) is 4.18 Å². The Morgan fingerprint density at radius 1 is 1.29 bits per heavy atom. The molecule has 0 atom stereocenters. The van der Waals surface area contributed by atoms with E-state index in [1.54, 1.807) is 6.92 Å². The molecular weight excluding hydrogens is 289 g/mol. The molecule has 0 aliphatic carbocycles. The summed E-state index contributed by atoms with van der Waals surface area (Å²) in [6.45, 7) is 1.85. The number of rotatable bonds is 6. The molecule has 2 aromatic rings. The minimum Gasteiger partial charge on any atom is -0.441 e. The predicted molar refractivity (Wildman–Crippen MR) is 80.6 cm³/mol. The molecule has 0 saturated heterocycles. The number of aromatic nitrogens is 1. The number of nitrogens with zero attached hydrogens (tertiary/aromatic N) is 1. The maximum absolute atomic E-state index is 10.9. The van der Waals surface area contributed by atoms with E-state index in [1.165, 1.54) is 0 Å². The fraction of sp³-hybridized carbons (Fsp3) is 0.357. The molecule has 5 nitrogen and oxygen atoms in total. The van der Waals surface area contributed by atoms with Crippen molar-refractivity contribution in [1.29, 1.82) is 0 Å². The van der Waals surface area contributed by atoms with Crippen LogP contribution in [-0.2, 0) is 27.0 Å². The summed E-state index contributed by atoms with van der Waals surface area (Å²) in [5.74, 6) is 1.16. The molecule has 21 heavy (non-hydrogen) atoms. The average molecular weight is 305 g/mol. The van der Waals surface area contributed by atoms with Gasteiger partial charge in [0.15, 0.2) is 0 Å². The summed E-state index contributed by atoms with van der Waals surface area (Å²) in [7, 11) is 2.12. The van der Waals surface area contributed by atoms with Crippen LogP contribution in [-0.4, -0.2) is 34.1 Å². The van der Waals surface area contributed by atoms with E-state index < -0.39 is 10.1 Å². The second kappa shape index (κ2) is 6.45. The minimum absolute atomic E-state index is 0.0533. The zero-order chi connectivity index (χ0) is 15.5. The van der Waals surface area contributed by atoms with E-state index in [4.69, 9.17) is 16.4 Å². The Balaban J connectivity index is 2.10. The van der Waals surface area contributed by atoms with Gasteiger partial charge in [-0.1, -0.05) is 24.0 Å². The zero-order valence-corrected chi connectivity index (χ0v) is 12.8. The van der Waals surface area contributed by atoms with Gasteiger partial charge in [0.1, 0.15) is 5.76 Å². The lowest BCUT2D eigenvalue weighted by atomic mass is 9.96. The maximum atomic E-state index is 10.9. The molecule has 0 unspecified atom stereocenters. The Kier molecular flexibility index (Phi) is 4.85. The van der Waals surface area contributed by atoms with Crippen molar-refractivity contribution in [3.05, 3.63) is 41.3 Å². The predicted octanol–water partition coefficient (Wildman–Crippen LogP) is 1.84. The zero-order valence-electron chi connectivity index (χ0n) is 12.0. The lowest BCUT2D eigenvalue weighted by molar-refractivity contribution is 0.324. The molecule has 0 saturated carbocycles. The molecule has 2 rings (SSSR count). The van der Waals surface area contributed by atoms with Gasteiger partial charge in [0.05, 0.1) is 26.4 Å². The van der Waals surface area contributed by atoms with Crippen molar-refractivity contribution in [3.63, 3.8) is 0 Å². The Labute approximate surface area is 125 Å². The van der Waals surface area contributed by atoms with Gasteiger partial charge in [0.25, 0.3) is 10.1 Å². The fourth-order valence-electron chi connectivity index (χ4n) is 1.86. The summed E-state index contributed by atoms with van der Waals surface area (Å²) in [6.07, 6.45) is 1.88. The smallest absolute Gasteiger partial charge is 0.264 e. The monoisotopic (exact) mass is 305 g/mol. The third kappa shape index (κ3) is 4.44. The Morgan fingerprint density at radius 3 is 2.52 bits per heavy atom. The summed E-state index contributed by atoms with van der Waals surface area (Å²) in [5, 5.41) is 0. The summed E-state index contributed by atoms with van der Waals surface area (Å²) < 4.78 is 32.2. The number of hydrogen-bond acceptors (Lipinski definition) is 5. The molecule has 0 N–H and O–H groups in total. The van der Waals surface area contributed by atoms with Crippen LogP contribution in [0.25, 0.3) is 11.5 Å². The third-order valence-corrected chi connectivity index (χ3v) is 3.56. The van der Waals surface area contributed by atoms with Gasteiger partial charge in [0.2, 0.25) is 5.89 Å². The van der Waals surface area contributed by atoms with Crippen LogP contribution in [0.15, 0.2) is 28.7 Å². The Hall–Kier alpha value is -1.60. The lowest BCUT2D eigenvalue weighted by Gasteiger charge is -1.99. The second-order valence-electron chi connectivity index (χ2n) is 4.70. The Bertz CT molecular complexity index is 707. The Morgan fingerprint density at radius 2 is 1.95 bits per heavy atom. The van der Waals surface area contributed by atoms with Crippen LogP contribution in [0.3, 0.4) is 0 Å². The fourth-order valence-corrected chi connectivity index (χ4v) is 2.24. The first kappa shape index (κ1) is 15.8. The van der Waals surface area contributed by atoms with Crippen LogP contribution >= 0.6 is 0 Å². The van der Waals surface area contributed by atoms with Crippen LogP contribution in [0.2, 0.25) is 0 Å². The van der Waals surface area contributed by atoms with E-state index in [-0.39, 0.29) is 6.61 Å². The number of benzene rings is 1. The highest BCUT2D eigenvalue weighted by Gasteiger charge is 2.12. The SMILES string of the molecule is [B]Cc1ccc(-c2nc(CCOS(C)(=O)=O)c(C)o2)cc1. The van der Waals surface area contributed by atoms with Gasteiger partial charge < -0.3 is 4.42 Å². The molecule has 0 bridgehead atoms. The van der Waals surface area contributed by atoms with Crippen molar-refractivity contribution < 1.29 is 17.0 Å². The molecule has 7 heteroatoms. The maximum Gasteiger partial charge on any atom is 0.264 e. The van der Waals surface area contributed by atoms with Crippen LogP contribution in [0.1, 0.15) is 17.0 Å². The van der Waals surface area contributed by atoms with Gasteiger partial charge >= 0.3 is 0 Å². The summed E-state index contributed by atoms with van der Waals surface area (Å²) in [4.78, 5) is 4.38. The molecule has 1 heterocycles. The number of aryl methyl sites for hydroxylation is 1. The van der Waals surface area contributed by atoms with Gasteiger partial charge in [0, 0.05) is 12.0 Å². The minimum atomic E-state index is -3.43. The lowest BCUT2D eigenvalue weighted by Crippen LogP contribution is -2.06. The summed E-state index contributed by atoms with van der Waals surface area (Å²) in [5.41, 5.74) is 2.57. The first-order chi connectivity index (χ1) is 9.89. The number of oxazole rings is 1. The van der Waals surface area contributed by atoms with Gasteiger partial charge in [-0.2, -0.15) is 8.42 Å². The molecule has 1 aromatic heterocycles. The molecule has 2 radical (unpaired) electrons. The molecule has 110 valence electrons. The highest BCUT2D eigenvalue weighted by Crippen LogP contribution is 2.22. The quantitative estimate of drug-likeness (QED) is 0.601. The van der Waals surface area contributed by atoms with E-state index in [1.807, 2.05) is 24.3 Å². The highest BCUT2D eigenvalue weighted by molar-refractivity contribution is 7.85. The van der Waals surface area contributed by atoms with Crippen LogP contribution in [0, 0.1) is 6.92 Å². The topological polar surface area (TPSA) is 69.4 Å². The van der Waals surface area contributed by atoms with Crippen LogP contribution in [0.4, 0.5) is 0 Å². The molecule has 0 spiro atoms. The average Bonchev–Trinajstić information content (AvgIpc) is 2.79. The van der Waals surface area contributed by atoms with Crippen molar-refractivity contribution in [2.24, 2.45) is 0 Å². The molecule has 0 fully saturated rings. The van der Waals surface area contributed by atoms with E-state index in [0.717, 1.165) is 17.4 Å². The van der Waals surface area contributed by atoms with E-state index in [9.17, 15) is 8.42 Å². The van der Waals surface area contributed by atoms with E-state index >= 15 is 0 Å². The molecule has 0 amide bonds. The first-order valence-corrected chi connectivity index (χ1v) is 8.31. The van der Waals surface area contributed by atoms with Crippen molar-refractivity contribution >= 4 is 18.0 Å². The van der Waals surface area contributed by atoms with Crippen LogP contribution in [0.5, 0.6) is 0 Å². The molecule has 0 aliphatic heterocycles. The second-order valence-corrected chi connectivity index (χ2v) is 6.34. The van der Waals surface area contributed by atoms with Crippen LogP contribution < -0.4 is 0 Å². The molecule has 1 aromatic carbocycles. The van der Waals surface area contributed by atoms with E-state index in [2.05, 4.69) is 4.98 Å². The van der Waals surface area contributed by atoms with Gasteiger partial charge in [-0.25, -0.2) is 4.98 Å². The van der Waals surface area contributed by atoms with Gasteiger partial charge in [-0.15, -0.1) is 0 Å². The third-order valence-electron chi connectivity index (χ3n) is 2.97. The molecular formula is C14H16BNO4S. The highest BCUT2D eigenvalue weighted by atomic mass is 32.2. The summed E-state index contributed by atoms with van der Waals surface area (Å²) >= 11 is 0. The van der Waals surface area contributed by atoms with E-state index in [0.29, 0.717) is 30.1 Å². The first-order valence-electron chi connectivity index (χ1n) is 6.49. The molecule has 0 aliphatic rings. The summed E-state index contributed by atoms with van der Waals surface area (Å²) in [6, 6.07) is 7.62. The standard InChI is InChI=1S/C14H16BNO4S/c1-10-13(7-8-19-21(2,17)18)16-14(20-10)12-5-3-11(9-15)4-6-12/h3-6H,7-9H2,1-2H3. The van der Waals surface area contributed by atoms with Crippen molar-refractivity contribution in [1.82, 2.24) is 4.98 Å². The van der Waals surface area contributed by atoms with Gasteiger partial charge in [-0.05, 0) is 19.1 Å². The van der Waals surface area contributed by atoms with Crippen molar-refractivity contribution in [2.75, 3.05) is 12.9 Å². The number of hydrogen-bond donors (Lipinski definition) is 0. The largest absolute Gasteiger partial charge is 0.441 e. The van der Waals surface area contributed by atoms with Crippen molar-refractivity contribution in [3.8, 4) is 11.5 Å².